The average Bonchev–Trinajstić information content (AvgIpc) is 2.34. The van der Waals surface area contributed by atoms with E-state index in [4.69, 9.17) is 5.73 Å². The molecule has 6 heteroatoms. The Kier molecular flexibility index (Phi) is 3.99. The topological polar surface area (TPSA) is 80.4 Å². The minimum atomic E-state index is -0.0411. The van der Waals surface area contributed by atoms with Crippen molar-refractivity contribution >= 4 is 11.6 Å². The minimum Gasteiger partial charge on any atom is -0.398 e. The number of carbonyl (C=O) groups excluding carboxylic acids is 1. The number of hydrogen-bond acceptors (Lipinski definition) is 4. The quantitative estimate of drug-likeness (QED) is 0.737. The summed E-state index contributed by atoms with van der Waals surface area (Å²) in [5.41, 5.74) is 6.19. The van der Waals surface area contributed by atoms with E-state index < -0.39 is 0 Å². The van der Waals surface area contributed by atoms with Crippen molar-refractivity contribution in [3.63, 3.8) is 0 Å². The van der Waals surface area contributed by atoms with Crippen LogP contribution in [0.25, 0.3) is 0 Å². The van der Waals surface area contributed by atoms with Gasteiger partial charge in [0.1, 0.15) is 0 Å². The van der Waals surface area contributed by atoms with Crippen LogP contribution in [0.3, 0.4) is 0 Å². The van der Waals surface area contributed by atoms with E-state index in [-0.39, 0.29) is 11.5 Å². The number of nitrogens with one attached hydrogen (secondary N) is 1. The number of aromatic nitrogens is 1. The first kappa shape index (κ1) is 12.6. The molecule has 1 amide bonds. The van der Waals surface area contributed by atoms with E-state index in [1.807, 2.05) is 0 Å². The zero-order valence-corrected chi connectivity index (χ0v) is 10.3. The molecule has 18 heavy (non-hydrogen) atoms. The third-order valence-electron chi connectivity index (χ3n) is 3.00. The smallest absolute Gasteiger partial charge is 0.250 e. The summed E-state index contributed by atoms with van der Waals surface area (Å²) in [4.78, 5) is 24.8. The first-order valence-electron chi connectivity index (χ1n) is 6.10. The van der Waals surface area contributed by atoms with Crippen LogP contribution in [0, 0.1) is 0 Å². The van der Waals surface area contributed by atoms with Crippen molar-refractivity contribution in [1.29, 1.82) is 0 Å². The van der Waals surface area contributed by atoms with Gasteiger partial charge in [0.25, 0.3) is 5.56 Å². The minimum absolute atomic E-state index is 0.0411. The molecule has 6 nitrogen and oxygen atoms in total. The fourth-order valence-electron chi connectivity index (χ4n) is 2.07. The predicted octanol–water partition coefficient (Wildman–Crippen LogP) is -0.748. The number of amides is 1. The number of hydrogen-bond donors (Lipinski definition) is 2. The van der Waals surface area contributed by atoms with E-state index in [0.717, 1.165) is 19.5 Å². The molecule has 1 aromatic rings. The van der Waals surface area contributed by atoms with Gasteiger partial charge in [0.05, 0.1) is 6.54 Å². The third kappa shape index (κ3) is 3.33. The Morgan fingerprint density at radius 2 is 2.11 bits per heavy atom. The van der Waals surface area contributed by atoms with Gasteiger partial charge in [0.2, 0.25) is 5.91 Å². The maximum absolute atomic E-state index is 11.5. The van der Waals surface area contributed by atoms with Crippen molar-refractivity contribution in [3.8, 4) is 0 Å². The molecule has 2 rings (SSSR count). The Morgan fingerprint density at radius 3 is 2.89 bits per heavy atom. The van der Waals surface area contributed by atoms with Gasteiger partial charge in [0.15, 0.2) is 0 Å². The van der Waals surface area contributed by atoms with Gasteiger partial charge < -0.3 is 15.6 Å². The summed E-state index contributed by atoms with van der Waals surface area (Å²) in [5.74, 6) is 0.0716. The molecule has 3 N–H and O–H groups in total. The van der Waals surface area contributed by atoms with Crippen LogP contribution in [0.4, 0.5) is 5.69 Å². The van der Waals surface area contributed by atoms with Gasteiger partial charge in [-0.2, -0.15) is 0 Å². The lowest BCUT2D eigenvalue weighted by atomic mass is 10.3. The lowest BCUT2D eigenvalue weighted by molar-refractivity contribution is -0.124. The van der Waals surface area contributed by atoms with Crippen molar-refractivity contribution in [2.75, 3.05) is 31.9 Å². The molecule has 1 aliphatic rings. The molecule has 0 radical (unpaired) electrons. The second-order valence-electron chi connectivity index (χ2n) is 4.47. The maximum Gasteiger partial charge on any atom is 0.250 e. The van der Waals surface area contributed by atoms with Crippen LogP contribution in [0.5, 0.6) is 0 Å². The average molecular weight is 250 g/mol. The zero-order chi connectivity index (χ0) is 13.0. The maximum atomic E-state index is 11.5. The van der Waals surface area contributed by atoms with Crippen LogP contribution >= 0.6 is 0 Å². The van der Waals surface area contributed by atoms with E-state index in [1.54, 1.807) is 16.8 Å². The lowest BCUT2D eigenvalue weighted by Gasteiger charge is -2.26. The van der Waals surface area contributed by atoms with Crippen LogP contribution in [-0.4, -0.2) is 41.6 Å². The Morgan fingerprint density at radius 1 is 1.28 bits per heavy atom. The normalized spacial score (nSPS) is 16.6. The molecule has 0 spiro atoms. The van der Waals surface area contributed by atoms with Gasteiger partial charge >= 0.3 is 0 Å². The number of nitrogen functional groups attached to an aromatic ring is 1. The van der Waals surface area contributed by atoms with E-state index in [0.29, 0.717) is 25.3 Å². The van der Waals surface area contributed by atoms with Crippen LogP contribution < -0.4 is 16.6 Å². The zero-order valence-electron chi connectivity index (χ0n) is 10.3. The van der Waals surface area contributed by atoms with E-state index >= 15 is 0 Å². The Balaban J connectivity index is 1.83. The number of nitrogens with two attached hydrogens (primary N) is 1. The van der Waals surface area contributed by atoms with Crippen LogP contribution in [-0.2, 0) is 11.3 Å². The highest BCUT2D eigenvalue weighted by molar-refractivity contribution is 5.78. The highest BCUT2D eigenvalue weighted by Crippen LogP contribution is 1.99. The summed E-state index contributed by atoms with van der Waals surface area (Å²) in [7, 11) is 0. The first-order chi connectivity index (χ1) is 8.65. The summed E-state index contributed by atoms with van der Waals surface area (Å²) in [6, 6.07) is 3.08. The van der Waals surface area contributed by atoms with Gasteiger partial charge in [0, 0.05) is 44.1 Å². The highest BCUT2D eigenvalue weighted by atomic mass is 16.2. The van der Waals surface area contributed by atoms with Gasteiger partial charge in [-0.25, -0.2) is 0 Å². The highest BCUT2D eigenvalue weighted by Gasteiger charge is 2.14. The van der Waals surface area contributed by atoms with Gasteiger partial charge in [-0.05, 0) is 12.5 Å². The Bertz CT molecular complexity index is 483. The number of pyridine rings is 1. The Hall–Kier alpha value is -1.82. The largest absolute Gasteiger partial charge is 0.398 e. The molecular formula is C12H18N4O2. The van der Waals surface area contributed by atoms with E-state index in [2.05, 4.69) is 10.2 Å². The van der Waals surface area contributed by atoms with Crippen LogP contribution in [0.2, 0.25) is 0 Å². The number of piperazine rings is 1. The molecule has 0 saturated carbocycles. The molecular weight excluding hydrogens is 232 g/mol. The van der Waals surface area contributed by atoms with Crippen LogP contribution in [0.15, 0.2) is 23.1 Å². The standard InChI is InChI=1S/C12H18N4O2/c13-10-2-3-12(18)16(8-10)6-1-5-15-7-4-14-11(17)9-15/h2-3,8H,1,4-7,9,13H2,(H,14,17). The summed E-state index contributed by atoms with van der Waals surface area (Å²) in [6.45, 7) is 3.47. The third-order valence-corrected chi connectivity index (χ3v) is 3.00. The number of nitrogens with zero attached hydrogens (tertiary/aromatic N) is 2. The number of rotatable bonds is 4. The second kappa shape index (κ2) is 5.68. The monoisotopic (exact) mass is 250 g/mol. The summed E-state index contributed by atoms with van der Waals surface area (Å²) in [5, 5.41) is 2.78. The van der Waals surface area contributed by atoms with E-state index in [9.17, 15) is 9.59 Å². The summed E-state index contributed by atoms with van der Waals surface area (Å²) in [6.07, 6.45) is 2.49. The molecule has 0 unspecified atom stereocenters. The fraction of sp³-hybridized carbons (Fsp3) is 0.500. The molecule has 0 bridgehead atoms. The van der Waals surface area contributed by atoms with Crippen molar-refractivity contribution in [2.24, 2.45) is 0 Å². The van der Waals surface area contributed by atoms with Crippen molar-refractivity contribution in [1.82, 2.24) is 14.8 Å². The summed E-state index contributed by atoms with van der Waals surface area (Å²) >= 11 is 0. The Labute approximate surface area is 105 Å². The molecule has 1 fully saturated rings. The van der Waals surface area contributed by atoms with Gasteiger partial charge in [-0.3, -0.25) is 14.5 Å². The second-order valence-corrected chi connectivity index (χ2v) is 4.47. The van der Waals surface area contributed by atoms with Gasteiger partial charge in [-0.1, -0.05) is 0 Å². The van der Waals surface area contributed by atoms with Gasteiger partial charge in [-0.15, -0.1) is 0 Å². The molecule has 1 aromatic heterocycles. The molecule has 1 saturated heterocycles. The van der Waals surface area contributed by atoms with E-state index in [1.165, 1.54) is 6.07 Å². The van der Waals surface area contributed by atoms with Crippen molar-refractivity contribution < 1.29 is 4.79 Å². The van der Waals surface area contributed by atoms with Crippen LogP contribution in [0.1, 0.15) is 6.42 Å². The number of anilines is 1. The molecule has 98 valence electrons. The summed E-state index contributed by atoms with van der Waals surface area (Å²) < 4.78 is 1.61. The number of aryl methyl sites for hydroxylation is 1. The molecule has 0 aromatic carbocycles. The molecule has 1 aliphatic heterocycles. The molecule has 2 heterocycles. The van der Waals surface area contributed by atoms with Crippen molar-refractivity contribution in [2.45, 2.75) is 13.0 Å². The number of carbonyl (C=O) groups is 1. The molecule has 0 atom stereocenters. The predicted molar refractivity (Wildman–Crippen MR) is 69.2 cm³/mol. The fourth-order valence-corrected chi connectivity index (χ4v) is 2.07. The van der Waals surface area contributed by atoms with Crippen molar-refractivity contribution in [3.05, 3.63) is 28.7 Å². The SMILES string of the molecule is Nc1ccc(=O)n(CCCN2CCNC(=O)C2)c1. The lowest BCUT2D eigenvalue weighted by Crippen LogP contribution is -2.47. The molecule has 0 aliphatic carbocycles. The first-order valence-corrected chi connectivity index (χ1v) is 6.10.